The number of rotatable bonds is 5. The zero-order valence-corrected chi connectivity index (χ0v) is 9.43. The predicted molar refractivity (Wildman–Crippen MR) is 66.7 cm³/mol. The molecule has 0 amide bonds. The number of nitrogens with one attached hydrogen (secondary N) is 1. The monoisotopic (exact) mass is 245 g/mol. The van der Waals surface area contributed by atoms with E-state index in [4.69, 9.17) is 0 Å². The van der Waals surface area contributed by atoms with E-state index in [0.29, 0.717) is 17.9 Å². The molecule has 0 atom stereocenters. The molecule has 1 N–H and O–H groups in total. The highest BCUT2D eigenvalue weighted by molar-refractivity contribution is 5.61. The van der Waals surface area contributed by atoms with Crippen LogP contribution in [0, 0.1) is 10.1 Å². The molecule has 0 saturated heterocycles. The number of H-pyrrole nitrogens is 1. The SMILES string of the molecule is O=[N+]([O-])N(N=CCc1ncc[nH]1)c1ccccc1. The summed E-state index contributed by atoms with van der Waals surface area (Å²) < 4.78 is 0. The molecule has 18 heavy (non-hydrogen) atoms. The molecule has 7 nitrogen and oxygen atoms in total. The molecule has 1 aromatic heterocycles. The highest BCUT2D eigenvalue weighted by Crippen LogP contribution is 2.12. The van der Waals surface area contributed by atoms with Crippen LogP contribution in [-0.2, 0) is 6.42 Å². The van der Waals surface area contributed by atoms with E-state index in [2.05, 4.69) is 15.1 Å². The topological polar surface area (TPSA) is 87.4 Å². The van der Waals surface area contributed by atoms with Gasteiger partial charge in [0.25, 0.3) is 0 Å². The number of hydrazone groups is 1. The summed E-state index contributed by atoms with van der Waals surface area (Å²) in [6.07, 6.45) is 5.15. The summed E-state index contributed by atoms with van der Waals surface area (Å²) in [6, 6.07) is 8.45. The lowest BCUT2D eigenvalue weighted by Gasteiger charge is -2.07. The maximum atomic E-state index is 10.9. The molecule has 0 unspecified atom stereocenters. The highest BCUT2D eigenvalue weighted by Gasteiger charge is 2.14. The third-order valence-electron chi connectivity index (χ3n) is 2.17. The second-order valence-corrected chi connectivity index (χ2v) is 3.40. The van der Waals surface area contributed by atoms with Gasteiger partial charge in [0.2, 0.25) is 0 Å². The average molecular weight is 245 g/mol. The average Bonchev–Trinajstić information content (AvgIpc) is 2.88. The summed E-state index contributed by atoms with van der Waals surface area (Å²) in [4.78, 5) is 17.8. The van der Waals surface area contributed by atoms with Gasteiger partial charge in [0.15, 0.2) is 6.21 Å². The first-order chi connectivity index (χ1) is 8.77. The van der Waals surface area contributed by atoms with Crippen molar-refractivity contribution in [3.8, 4) is 0 Å². The van der Waals surface area contributed by atoms with Crippen LogP contribution < -0.4 is 5.12 Å². The number of para-hydroxylation sites is 1. The predicted octanol–water partition coefficient (Wildman–Crippen LogP) is 1.64. The Bertz CT molecular complexity index is 524. The number of imidazole rings is 1. The first-order valence-electron chi connectivity index (χ1n) is 5.27. The first kappa shape index (κ1) is 11.8. The van der Waals surface area contributed by atoms with Crippen LogP contribution in [0.3, 0.4) is 0 Å². The van der Waals surface area contributed by atoms with Crippen molar-refractivity contribution < 1.29 is 5.03 Å². The van der Waals surface area contributed by atoms with Crippen molar-refractivity contribution in [3.05, 3.63) is 58.7 Å². The van der Waals surface area contributed by atoms with Crippen molar-refractivity contribution in [3.63, 3.8) is 0 Å². The highest BCUT2D eigenvalue weighted by atomic mass is 16.7. The van der Waals surface area contributed by atoms with Gasteiger partial charge in [-0.25, -0.2) is 4.98 Å². The molecule has 2 rings (SSSR count). The van der Waals surface area contributed by atoms with E-state index in [0.717, 1.165) is 5.12 Å². The smallest absolute Gasteiger partial charge is 0.150 e. The van der Waals surface area contributed by atoms with E-state index in [9.17, 15) is 10.1 Å². The fourth-order valence-electron chi connectivity index (χ4n) is 1.38. The molecule has 0 aliphatic carbocycles. The second kappa shape index (κ2) is 5.58. The van der Waals surface area contributed by atoms with Gasteiger partial charge in [0.1, 0.15) is 11.5 Å². The third-order valence-corrected chi connectivity index (χ3v) is 2.17. The van der Waals surface area contributed by atoms with E-state index >= 15 is 0 Å². The van der Waals surface area contributed by atoms with Crippen LogP contribution in [0.2, 0.25) is 0 Å². The van der Waals surface area contributed by atoms with Crippen LogP contribution in [0.1, 0.15) is 5.82 Å². The zero-order valence-electron chi connectivity index (χ0n) is 9.43. The van der Waals surface area contributed by atoms with E-state index in [1.54, 1.807) is 42.7 Å². The molecule has 0 saturated carbocycles. The number of anilines is 1. The van der Waals surface area contributed by atoms with Crippen LogP contribution in [0.5, 0.6) is 0 Å². The number of benzene rings is 1. The van der Waals surface area contributed by atoms with Gasteiger partial charge in [0, 0.05) is 22.6 Å². The summed E-state index contributed by atoms with van der Waals surface area (Å²) in [5.41, 5.74) is 0.401. The Balaban J connectivity index is 2.08. The summed E-state index contributed by atoms with van der Waals surface area (Å²) in [5, 5.41) is 14.9. The van der Waals surface area contributed by atoms with E-state index in [1.165, 1.54) is 6.21 Å². The van der Waals surface area contributed by atoms with Crippen molar-refractivity contribution in [1.82, 2.24) is 9.97 Å². The molecule has 92 valence electrons. The van der Waals surface area contributed by atoms with Gasteiger partial charge in [-0.3, -0.25) is 0 Å². The summed E-state index contributed by atoms with van der Waals surface area (Å²) in [6.45, 7) is 0. The third kappa shape index (κ3) is 2.91. The van der Waals surface area contributed by atoms with Crippen molar-refractivity contribution in [2.45, 2.75) is 6.42 Å². The minimum Gasteiger partial charge on any atom is -0.348 e. The summed E-state index contributed by atoms with van der Waals surface area (Å²) in [5.74, 6) is 0.704. The van der Waals surface area contributed by atoms with Gasteiger partial charge < -0.3 is 15.1 Å². The molecular weight excluding hydrogens is 234 g/mol. The van der Waals surface area contributed by atoms with Gasteiger partial charge in [0.05, 0.1) is 11.5 Å². The Morgan fingerprint density at radius 1 is 1.44 bits per heavy atom. The van der Waals surface area contributed by atoms with Crippen molar-refractivity contribution >= 4 is 11.9 Å². The number of aromatic nitrogens is 2. The number of hydrazine groups is 1. The molecule has 0 fully saturated rings. The lowest BCUT2D eigenvalue weighted by Crippen LogP contribution is -2.23. The molecule has 0 aliphatic rings. The molecule has 0 radical (unpaired) electrons. The van der Waals surface area contributed by atoms with Gasteiger partial charge in [-0.1, -0.05) is 18.2 Å². The maximum absolute atomic E-state index is 10.9. The molecule has 7 heteroatoms. The Morgan fingerprint density at radius 2 is 2.22 bits per heavy atom. The number of nitrogens with zero attached hydrogens (tertiary/aromatic N) is 4. The maximum Gasteiger partial charge on any atom is 0.150 e. The quantitative estimate of drug-likeness (QED) is 0.492. The van der Waals surface area contributed by atoms with Crippen LogP contribution in [-0.4, -0.2) is 21.2 Å². The number of hydrogen-bond donors (Lipinski definition) is 1. The molecule has 2 aromatic rings. The number of aromatic amines is 1. The Morgan fingerprint density at radius 3 is 2.83 bits per heavy atom. The largest absolute Gasteiger partial charge is 0.348 e. The van der Waals surface area contributed by atoms with Crippen molar-refractivity contribution in [1.29, 1.82) is 0 Å². The second-order valence-electron chi connectivity index (χ2n) is 3.40. The first-order valence-corrected chi connectivity index (χ1v) is 5.27. The standard InChI is InChI=1S/C11H11N5O2/c17-16(18)15(10-4-2-1-3-5-10)14-7-6-11-12-8-9-13-11/h1-5,7-9H,6H2,(H,12,13). The lowest BCUT2D eigenvalue weighted by atomic mass is 10.3. The van der Waals surface area contributed by atoms with Gasteiger partial charge in [-0.15, -0.1) is 0 Å². The Hall–Kier alpha value is -2.70. The fourth-order valence-corrected chi connectivity index (χ4v) is 1.38. The van der Waals surface area contributed by atoms with E-state index in [-0.39, 0.29) is 0 Å². The minimum absolute atomic E-state index is 0.401. The van der Waals surface area contributed by atoms with E-state index in [1.807, 2.05) is 0 Å². The normalized spacial score (nSPS) is 10.7. The zero-order chi connectivity index (χ0) is 12.8. The molecule has 0 aliphatic heterocycles. The molecule has 0 bridgehead atoms. The summed E-state index contributed by atoms with van der Waals surface area (Å²) in [7, 11) is 0. The molecule has 0 spiro atoms. The number of hydrogen-bond acceptors (Lipinski definition) is 4. The molecular formula is C11H11N5O2. The van der Waals surface area contributed by atoms with Crippen molar-refractivity contribution in [2.75, 3.05) is 5.12 Å². The van der Waals surface area contributed by atoms with Gasteiger partial charge in [-0.05, 0) is 12.1 Å². The number of nitro groups is 1. The summed E-state index contributed by atoms with van der Waals surface area (Å²) >= 11 is 0. The van der Waals surface area contributed by atoms with Crippen molar-refractivity contribution in [2.24, 2.45) is 5.10 Å². The van der Waals surface area contributed by atoms with Crippen LogP contribution in [0.15, 0.2) is 47.8 Å². The van der Waals surface area contributed by atoms with Crippen LogP contribution in [0.4, 0.5) is 5.69 Å². The van der Waals surface area contributed by atoms with Crippen LogP contribution in [0.25, 0.3) is 0 Å². The molecule has 1 aromatic carbocycles. The van der Waals surface area contributed by atoms with Crippen LogP contribution >= 0.6 is 0 Å². The van der Waals surface area contributed by atoms with Gasteiger partial charge in [-0.2, -0.15) is 0 Å². The minimum atomic E-state index is -0.575. The molecule has 1 heterocycles. The Labute approximate surface area is 103 Å². The Kier molecular flexibility index (Phi) is 3.65. The fraction of sp³-hybridized carbons (Fsp3) is 0.0909. The lowest BCUT2D eigenvalue weighted by molar-refractivity contribution is -0.495. The van der Waals surface area contributed by atoms with E-state index < -0.39 is 5.03 Å². The van der Waals surface area contributed by atoms with Gasteiger partial charge >= 0.3 is 0 Å².